The molecule has 0 aromatic heterocycles. The summed E-state index contributed by atoms with van der Waals surface area (Å²) in [6.07, 6.45) is 1.05. The molecule has 0 aliphatic carbocycles. The molecule has 0 bridgehead atoms. The Hall–Kier alpha value is -1.66. The van der Waals surface area contributed by atoms with Gasteiger partial charge >= 0.3 is 0 Å². The Kier molecular flexibility index (Phi) is 4.78. The van der Waals surface area contributed by atoms with Gasteiger partial charge < -0.3 is 14.4 Å². The normalized spacial score (nSPS) is 22.7. The number of rotatable bonds is 5. The van der Waals surface area contributed by atoms with Gasteiger partial charge in [0.15, 0.2) is 11.6 Å². The molecule has 3 rings (SSSR count). The van der Waals surface area contributed by atoms with Crippen LogP contribution in [0.5, 0.6) is 5.75 Å². The van der Waals surface area contributed by atoms with E-state index in [2.05, 4.69) is 11.9 Å². The molecule has 2 aliphatic rings. The van der Waals surface area contributed by atoms with Gasteiger partial charge in [-0.3, -0.25) is 9.69 Å². The van der Waals surface area contributed by atoms with Crippen LogP contribution in [0.3, 0.4) is 0 Å². The predicted molar refractivity (Wildman–Crippen MR) is 88.8 cm³/mol. The predicted octanol–water partition coefficient (Wildman–Crippen LogP) is 2.02. The van der Waals surface area contributed by atoms with Crippen molar-refractivity contribution in [3.63, 3.8) is 0 Å². The summed E-state index contributed by atoms with van der Waals surface area (Å²) in [4.78, 5) is 16.7. The Morgan fingerprint density at radius 1 is 1.42 bits per heavy atom. The Balaban J connectivity index is 1.61. The molecule has 0 saturated carbocycles. The van der Waals surface area contributed by atoms with Crippen molar-refractivity contribution < 1.29 is 18.7 Å². The topological polar surface area (TPSA) is 42.0 Å². The number of hydrogen-bond acceptors (Lipinski definition) is 4. The number of carbonyl (C=O) groups excluding carboxylic acids is 1. The first-order valence-corrected chi connectivity index (χ1v) is 8.41. The van der Waals surface area contributed by atoms with Crippen LogP contribution in [-0.2, 0) is 4.74 Å². The third kappa shape index (κ3) is 3.00. The van der Waals surface area contributed by atoms with Gasteiger partial charge in [0.05, 0.1) is 19.3 Å². The van der Waals surface area contributed by atoms with Gasteiger partial charge in [0.1, 0.15) is 0 Å². The number of carbonyl (C=O) groups is 1. The highest BCUT2D eigenvalue weighted by molar-refractivity contribution is 5.95. The zero-order valence-electron chi connectivity index (χ0n) is 14.5. The van der Waals surface area contributed by atoms with Crippen LogP contribution in [0.15, 0.2) is 18.2 Å². The molecule has 1 spiro atoms. The highest BCUT2D eigenvalue weighted by atomic mass is 19.1. The zero-order valence-corrected chi connectivity index (χ0v) is 14.5. The van der Waals surface area contributed by atoms with Crippen molar-refractivity contribution in [1.82, 2.24) is 9.80 Å². The van der Waals surface area contributed by atoms with Gasteiger partial charge in [-0.15, -0.1) is 0 Å². The third-order valence-corrected chi connectivity index (χ3v) is 5.22. The second-order valence-corrected chi connectivity index (χ2v) is 6.85. The fourth-order valence-electron chi connectivity index (χ4n) is 3.90. The zero-order chi connectivity index (χ0) is 17.3. The van der Waals surface area contributed by atoms with E-state index in [9.17, 15) is 9.18 Å². The molecular weight excluding hydrogens is 311 g/mol. The molecular formula is C18H25FN2O3. The molecule has 132 valence electrons. The maximum atomic E-state index is 13.8. The van der Waals surface area contributed by atoms with Gasteiger partial charge in [0.25, 0.3) is 5.91 Å². The van der Waals surface area contributed by atoms with E-state index in [1.54, 1.807) is 11.0 Å². The Morgan fingerprint density at radius 2 is 2.17 bits per heavy atom. The molecule has 24 heavy (non-hydrogen) atoms. The summed E-state index contributed by atoms with van der Waals surface area (Å²) >= 11 is 0. The van der Waals surface area contributed by atoms with Crippen LogP contribution in [0, 0.1) is 11.7 Å². The number of halogens is 1. The standard InChI is InChI=1S/C18H25FN2O3/c1-4-24-10-13-8-18(20(2)9-13)11-21(12-18)17(22)14-5-6-16(23-3)15(19)7-14/h5-7,13H,4,8-12H2,1-3H3/t13-/m1/s1. The van der Waals surface area contributed by atoms with E-state index in [1.165, 1.54) is 19.2 Å². The van der Waals surface area contributed by atoms with E-state index >= 15 is 0 Å². The number of benzene rings is 1. The van der Waals surface area contributed by atoms with Crippen molar-refractivity contribution in [2.45, 2.75) is 18.9 Å². The van der Waals surface area contributed by atoms with E-state index in [-0.39, 0.29) is 17.2 Å². The largest absolute Gasteiger partial charge is 0.494 e. The monoisotopic (exact) mass is 336 g/mol. The number of methoxy groups -OCH3 is 1. The lowest BCUT2D eigenvalue weighted by molar-refractivity contribution is -0.00797. The molecule has 1 atom stereocenters. The van der Waals surface area contributed by atoms with Crippen LogP contribution < -0.4 is 4.74 Å². The van der Waals surface area contributed by atoms with Crippen molar-refractivity contribution in [2.24, 2.45) is 5.92 Å². The summed E-state index contributed by atoms with van der Waals surface area (Å²) in [7, 11) is 3.52. The lowest BCUT2D eigenvalue weighted by atomic mass is 9.84. The van der Waals surface area contributed by atoms with E-state index in [1.807, 2.05) is 6.92 Å². The quantitative estimate of drug-likeness (QED) is 0.825. The van der Waals surface area contributed by atoms with Crippen molar-refractivity contribution in [2.75, 3.05) is 47.0 Å². The molecule has 0 N–H and O–H groups in total. The molecule has 2 heterocycles. The maximum absolute atomic E-state index is 13.8. The van der Waals surface area contributed by atoms with Crippen molar-refractivity contribution in [1.29, 1.82) is 0 Å². The van der Waals surface area contributed by atoms with E-state index in [0.29, 0.717) is 24.6 Å². The Labute approximate surface area is 142 Å². The Morgan fingerprint density at radius 3 is 2.79 bits per heavy atom. The highest BCUT2D eigenvalue weighted by Crippen LogP contribution is 2.40. The summed E-state index contributed by atoms with van der Waals surface area (Å²) in [5.41, 5.74) is 0.428. The number of ether oxygens (including phenoxy) is 2. The van der Waals surface area contributed by atoms with Crippen molar-refractivity contribution in [3.8, 4) is 5.75 Å². The van der Waals surface area contributed by atoms with Gasteiger partial charge in [-0.05, 0) is 44.5 Å². The van der Waals surface area contributed by atoms with Crippen LogP contribution in [0.2, 0.25) is 0 Å². The number of hydrogen-bond donors (Lipinski definition) is 0. The average Bonchev–Trinajstić information content (AvgIpc) is 2.87. The molecule has 5 nitrogen and oxygen atoms in total. The summed E-state index contributed by atoms with van der Waals surface area (Å²) in [5.74, 6) is 0.0451. The first-order valence-electron chi connectivity index (χ1n) is 8.41. The third-order valence-electron chi connectivity index (χ3n) is 5.22. The first-order chi connectivity index (χ1) is 11.5. The highest BCUT2D eigenvalue weighted by Gasteiger charge is 2.53. The van der Waals surface area contributed by atoms with Gasteiger partial charge in [0, 0.05) is 31.8 Å². The minimum atomic E-state index is -0.506. The van der Waals surface area contributed by atoms with Crippen LogP contribution in [-0.4, -0.2) is 68.3 Å². The summed E-state index contributed by atoms with van der Waals surface area (Å²) in [6.45, 7) is 5.91. The molecule has 1 aromatic carbocycles. The molecule has 6 heteroatoms. The van der Waals surface area contributed by atoms with E-state index in [4.69, 9.17) is 9.47 Å². The van der Waals surface area contributed by atoms with Gasteiger partial charge in [-0.1, -0.05) is 0 Å². The fourth-order valence-corrected chi connectivity index (χ4v) is 3.90. The average molecular weight is 336 g/mol. The molecule has 2 saturated heterocycles. The van der Waals surface area contributed by atoms with Crippen LogP contribution in [0.4, 0.5) is 4.39 Å². The minimum Gasteiger partial charge on any atom is -0.494 e. The second kappa shape index (κ2) is 6.69. The molecule has 2 fully saturated rings. The lowest BCUT2D eigenvalue weighted by Crippen LogP contribution is -2.68. The van der Waals surface area contributed by atoms with Gasteiger partial charge in [-0.2, -0.15) is 0 Å². The van der Waals surface area contributed by atoms with Gasteiger partial charge in [-0.25, -0.2) is 4.39 Å². The Bertz CT molecular complexity index is 616. The van der Waals surface area contributed by atoms with Crippen LogP contribution in [0.25, 0.3) is 0 Å². The molecule has 2 aliphatic heterocycles. The number of amides is 1. The van der Waals surface area contributed by atoms with E-state index < -0.39 is 5.82 Å². The number of likely N-dealkylation sites (tertiary alicyclic amines) is 2. The molecule has 0 radical (unpaired) electrons. The summed E-state index contributed by atoms with van der Waals surface area (Å²) in [5, 5.41) is 0. The lowest BCUT2D eigenvalue weighted by Gasteiger charge is -2.52. The number of likely N-dealkylation sites (N-methyl/N-ethyl adjacent to an activating group) is 1. The molecule has 0 unspecified atom stereocenters. The summed E-state index contributed by atoms with van der Waals surface area (Å²) < 4.78 is 24.2. The fraction of sp³-hybridized carbons (Fsp3) is 0.611. The van der Waals surface area contributed by atoms with Crippen LogP contribution >= 0.6 is 0 Å². The molecule has 1 aromatic rings. The van der Waals surface area contributed by atoms with Crippen molar-refractivity contribution >= 4 is 5.91 Å². The maximum Gasteiger partial charge on any atom is 0.254 e. The second-order valence-electron chi connectivity index (χ2n) is 6.85. The number of nitrogens with zero attached hydrogens (tertiary/aromatic N) is 2. The molecule has 1 amide bonds. The van der Waals surface area contributed by atoms with Gasteiger partial charge in [0.2, 0.25) is 0 Å². The smallest absolute Gasteiger partial charge is 0.254 e. The SMILES string of the molecule is CCOC[C@H]1CN(C)C2(C1)CN(C(=O)c1ccc(OC)c(F)c1)C2. The van der Waals surface area contributed by atoms with Crippen molar-refractivity contribution in [3.05, 3.63) is 29.6 Å². The summed E-state index contributed by atoms with van der Waals surface area (Å²) in [6, 6.07) is 4.37. The van der Waals surface area contributed by atoms with Crippen LogP contribution in [0.1, 0.15) is 23.7 Å². The first kappa shape index (κ1) is 17.2. The van der Waals surface area contributed by atoms with E-state index in [0.717, 1.165) is 26.2 Å². The minimum absolute atomic E-state index is 0.0580.